The molecule has 0 N–H and O–H groups in total. The summed E-state index contributed by atoms with van der Waals surface area (Å²) in [6.07, 6.45) is 3.28. The van der Waals surface area contributed by atoms with Crippen LogP contribution >= 0.6 is 0 Å². The second-order valence-corrected chi connectivity index (χ2v) is 12.7. The van der Waals surface area contributed by atoms with Crippen molar-refractivity contribution in [3.63, 3.8) is 0 Å². The number of allylic oxidation sites excluding steroid dienone is 1. The van der Waals surface area contributed by atoms with Gasteiger partial charge >= 0.3 is 5.97 Å². The van der Waals surface area contributed by atoms with E-state index in [4.69, 9.17) is 9.16 Å². The predicted molar refractivity (Wildman–Crippen MR) is 116 cm³/mol. The summed E-state index contributed by atoms with van der Waals surface area (Å²) < 4.78 is 12.7. The lowest BCUT2D eigenvalue weighted by atomic mass is 10.1. The number of carbonyl (C=O) groups excluding carboxylic acids is 1. The third-order valence-corrected chi connectivity index (χ3v) is 10.5. The molecule has 2 aromatic rings. The van der Waals surface area contributed by atoms with E-state index in [1.54, 1.807) is 0 Å². The molecule has 28 heavy (non-hydrogen) atoms. The molecule has 2 atom stereocenters. The zero-order chi connectivity index (χ0) is 20.2. The Kier molecular flexibility index (Phi) is 6.21. The molecule has 4 heteroatoms. The molecule has 0 aromatic heterocycles. The average molecular weight is 395 g/mol. The minimum Gasteiger partial charge on any atom is -0.460 e. The Balaban J connectivity index is 2.11. The highest BCUT2D eigenvalue weighted by molar-refractivity contribution is 6.99. The Labute approximate surface area is 169 Å². The Morgan fingerprint density at radius 3 is 2.07 bits per heavy atom. The molecule has 0 amide bonds. The summed E-state index contributed by atoms with van der Waals surface area (Å²) in [5.74, 6) is -0.169. The molecule has 0 aliphatic carbocycles. The third kappa shape index (κ3) is 3.98. The summed E-state index contributed by atoms with van der Waals surface area (Å²) in [5, 5.41) is 2.32. The van der Waals surface area contributed by atoms with Crippen LogP contribution in [0.2, 0.25) is 5.04 Å². The van der Waals surface area contributed by atoms with Gasteiger partial charge in [-0.3, -0.25) is 4.79 Å². The first-order valence-corrected chi connectivity index (χ1v) is 11.9. The van der Waals surface area contributed by atoms with Crippen LogP contribution in [0.5, 0.6) is 0 Å². The van der Waals surface area contributed by atoms with Crippen LogP contribution in [0, 0.1) is 0 Å². The van der Waals surface area contributed by atoms with Crippen molar-refractivity contribution >= 4 is 24.7 Å². The van der Waals surface area contributed by atoms with Crippen molar-refractivity contribution in [3.05, 3.63) is 73.3 Å². The number of cyclic esters (lactones) is 1. The molecule has 3 nitrogen and oxygen atoms in total. The van der Waals surface area contributed by atoms with Crippen molar-refractivity contribution in [2.45, 2.75) is 57.3 Å². The summed E-state index contributed by atoms with van der Waals surface area (Å²) in [7, 11) is -2.68. The number of rotatable bonds is 7. The van der Waals surface area contributed by atoms with Crippen LogP contribution < -0.4 is 10.4 Å². The fourth-order valence-electron chi connectivity index (χ4n) is 4.15. The van der Waals surface area contributed by atoms with Crippen LogP contribution in [0.3, 0.4) is 0 Å². The van der Waals surface area contributed by atoms with E-state index in [0.717, 1.165) is 12.8 Å². The maximum atomic E-state index is 12.1. The lowest BCUT2D eigenvalue weighted by Gasteiger charge is -2.45. The summed E-state index contributed by atoms with van der Waals surface area (Å²) in [5.41, 5.74) is 0. The first-order valence-electron chi connectivity index (χ1n) is 9.98. The van der Waals surface area contributed by atoms with Crippen molar-refractivity contribution in [1.29, 1.82) is 0 Å². The summed E-state index contributed by atoms with van der Waals surface area (Å²) in [4.78, 5) is 12.1. The Bertz CT molecular complexity index is 756. The highest BCUT2D eigenvalue weighted by Gasteiger charge is 2.53. The molecule has 148 valence electrons. The maximum absolute atomic E-state index is 12.1. The molecule has 0 bridgehead atoms. The third-order valence-electron chi connectivity index (χ3n) is 5.47. The molecule has 0 spiro atoms. The fraction of sp³-hybridized carbons (Fsp3) is 0.375. The van der Waals surface area contributed by atoms with Crippen molar-refractivity contribution in [2.75, 3.05) is 0 Å². The minimum atomic E-state index is -2.68. The van der Waals surface area contributed by atoms with Crippen molar-refractivity contribution in [2.24, 2.45) is 0 Å². The van der Waals surface area contributed by atoms with E-state index in [2.05, 4.69) is 75.9 Å². The molecule has 0 saturated carbocycles. The average Bonchev–Trinajstić information content (AvgIpc) is 3.03. The van der Waals surface area contributed by atoms with E-state index < -0.39 is 8.32 Å². The smallest absolute Gasteiger partial charge is 0.308 e. The topological polar surface area (TPSA) is 35.5 Å². The first kappa shape index (κ1) is 20.6. The molecule has 1 aliphatic heterocycles. The zero-order valence-electron chi connectivity index (χ0n) is 17.1. The number of esters is 1. The number of hydrogen-bond donors (Lipinski definition) is 0. The van der Waals surface area contributed by atoms with Crippen LogP contribution in [0.4, 0.5) is 0 Å². The van der Waals surface area contributed by atoms with E-state index >= 15 is 0 Å². The molecule has 1 aliphatic rings. The number of hydrogen-bond acceptors (Lipinski definition) is 3. The molecule has 3 rings (SSSR count). The van der Waals surface area contributed by atoms with Gasteiger partial charge in [0.2, 0.25) is 0 Å². The quantitative estimate of drug-likeness (QED) is 0.401. The molecule has 0 radical (unpaired) electrons. The number of carbonyl (C=O) groups is 1. The summed E-state index contributed by atoms with van der Waals surface area (Å²) >= 11 is 0. The van der Waals surface area contributed by atoms with Gasteiger partial charge in [0.05, 0.1) is 12.5 Å². The van der Waals surface area contributed by atoms with Gasteiger partial charge in [-0.05, 0) is 28.3 Å². The van der Waals surface area contributed by atoms with Crippen LogP contribution in [0.1, 0.15) is 40.0 Å². The van der Waals surface area contributed by atoms with Gasteiger partial charge in [-0.1, -0.05) is 87.5 Å². The first-order chi connectivity index (χ1) is 13.4. The molecule has 1 heterocycles. The summed E-state index contributed by atoms with van der Waals surface area (Å²) in [6.45, 7) is 10.5. The lowest BCUT2D eigenvalue weighted by molar-refractivity contribution is -0.141. The Morgan fingerprint density at radius 1 is 1.07 bits per heavy atom. The normalized spacial score (nSPS) is 20.0. The molecule has 1 fully saturated rings. The Hall–Kier alpha value is -2.17. The van der Waals surface area contributed by atoms with E-state index in [1.165, 1.54) is 10.4 Å². The minimum absolute atomic E-state index is 0.121. The van der Waals surface area contributed by atoms with Gasteiger partial charge in [-0.25, -0.2) is 0 Å². The number of benzene rings is 2. The van der Waals surface area contributed by atoms with Gasteiger partial charge < -0.3 is 9.16 Å². The van der Waals surface area contributed by atoms with Gasteiger partial charge in [-0.2, -0.15) is 0 Å². The molecular weight excluding hydrogens is 364 g/mol. The van der Waals surface area contributed by atoms with E-state index in [-0.39, 0.29) is 23.2 Å². The Morgan fingerprint density at radius 2 is 1.61 bits per heavy atom. The van der Waals surface area contributed by atoms with Gasteiger partial charge in [0.1, 0.15) is 6.10 Å². The van der Waals surface area contributed by atoms with Crippen LogP contribution in [0.15, 0.2) is 73.3 Å². The van der Waals surface area contributed by atoms with Crippen molar-refractivity contribution < 1.29 is 14.0 Å². The van der Waals surface area contributed by atoms with Gasteiger partial charge in [-0.15, -0.1) is 6.58 Å². The van der Waals surface area contributed by atoms with Gasteiger partial charge in [0, 0.05) is 0 Å². The highest BCUT2D eigenvalue weighted by Crippen LogP contribution is 2.39. The van der Waals surface area contributed by atoms with Gasteiger partial charge in [0.25, 0.3) is 8.32 Å². The largest absolute Gasteiger partial charge is 0.460 e. The second kappa shape index (κ2) is 8.46. The zero-order valence-corrected chi connectivity index (χ0v) is 18.1. The van der Waals surface area contributed by atoms with Crippen LogP contribution in [0.25, 0.3) is 0 Å². The fourth-order valence-corrected chi connectivity index (χ4v) is 8.86. The van der Waals surface area contributed by atoms with Crippen molar-refractivity contribution in [3.8, 4) is 0 Å². The maximum Gasteiger partial charge on any atom is 0.308 e. The standard InChI is InChI=1S/C24H30O3Si/c1-5-6-17-21-22(18-23(25)26-21)27-28(24(2,3)4,19-13-9-7-10-14-19)20-15-11-8-12-16-20/h5,7-16,21-22H,1,6,17-18H2,2-4H3/t21-,22-/m0/s1. The predicted octanol–water partition coefficient (Wildman–Crippen LogP) is 4.21. The molecule has 1 saturated heterocycles. The van der Waals surface area contributed by atoms with Crippen molar-refractivity contribution in [1.82, 2.24) is 0 Å². The molecule has 2 aromatic carbocycles. The second-order valence-electron chi connectivity index (χ2n) is 8.42. The van der Waals surface area contributed by atoms with Crippen LogP contribution in [-0.4, -0.2) is 26.5 Å². The lowest BCUT2D eigenvalue weighted by Crippen LogP contribution is -2.68. The SMILES string of the molecule is C=CCC[C@@H]1OC(=O)C[C@@H]1O[Si](c1ccccc1)(c1ccccc1)C(C)(C)C. The highest BCUT2D eigenvalue weighted by atomic mass is 28.4. The summed E-state index contributed by atoms with van der Waals surface area (Å²) in [6, 6.07) is 21.0. The van der Waals surface area contributed by atoms with Gasteiger partial charge in [0.15, 0.2) is 0 Å². The van der Waals surface area contributed by atoms with Crippen LogP contribution in [-0.2, 0) is 14.0 Å². The van der Waals surface area contributed by atoms with E-state index in [1.807, 2.05) is 18.2 Å². The number of ether oxygens (including phenoxy) is 1. The monoisotopic (exact) mass is 394 g/mol. The molecular formula is C24H30O3Si. The van der Waals surface area contributed by atoms with E-state index in [0.29, 0.717) is 6.42 Å². The molecule has 0 unspecified atom stereocenters. The van der Waals surface area contributed by atoms with E-state index in [9.17, 15) is 4.79 Å².